The summed E-state index contributed by atoms with van der Waals surface area (Å²) in [5.41, 5.74) is 3.40. The highest BCUT2D eigenvalue weighted by atomic mass is 32.1. The number of nitrogens with one attached hydrogen (secondary N) is 1. The van der Waals surface area contributed by atoms with Crippen LogP contribution in [0.25, 0.3) is 10.8 Å². The molecular weight excluding hydrogens is 364 g/mol. The molecule has 0 saturated carbocycles. The first kappa shape index (κ1) is 18.8. The van der Waals surface area contributed by atoms with Gasteiger partial charge in [0.15, 0.2) is 6.61 Å². The topological polar surface area (TPSA) is 81.4 Å². The molecule has 0 aliphatic carbocycles. The Morgan fingerprint density at radius 1 is 1.19 bits per heavy atom. The number of hydrogen-bond acceptors (Lipinski definition) is 6. The highest BCUT2D eigenvalue weighted by Gasteiger charge is 2.17. The summed E-state index contributed by atoms with van der Waals surface area (Å²) in [4.78, 5) is 29.2. The Kier molecular flexibility index (Phi) is 5.71. The maximum absolute atomic E-state index is 12.0. The molecule has 0 spiro atoms. The van der Waals surface area contributed by atoms with Crippen LogP contribution in [0.4, 0.5) is 5.69 Å². The van der Waals surface area contributed by atoms with Gasteiger partial charge >= 0.3 is 5.97 Å². The number of amides is 1. The third-order valence-electron chi connectivity index (χ3n) is 4.09. The quantitative estimate of drug-likeness (QED) is 0.648. The van der Waals surface area contributed by atoms with Gasteiger partial charge in [-0.15, -0.1) is 11.3 Å². The Morgan fingerprint density at radius 2 is 2.00 bits per heavy atom. The van der Waals surface area contributed by atoms with Crippen molar-refractivity contribution in [2.24, 2.45) is 0 Å². The molecular formula is C20H20N2O4S. The molecule has 1 N–H and O–H groups in total. The third-order valence-corrected chi connectivity index (χ3v) is 4.95. The fraction of sp³-hybridized carbons (Fsp3) is 0.250. The molecule has 0 saturated heterocycles. The van der Waals surface area contributed by atoms with Gasteiger partial charge in [0.1, 0.15) is 5.76 Å². The number of aryl methyl sites for hydroxylation is 3. The fourth-order valence-electron chi connectivity index (χ4n) is 2.45. The van der Waals surface area contributed by atoms with Crippen molar-refractivity contribution in [3.05, 3.63) is 58.3 Å². The van der Waals surface area contributed by atoms with E-state index in [0.29, 0.717) is 23.0 Å². The largest absolute Gasteiger partial charge is 0.455 e. The number of esters is 1. The average molecular weight is 384 g/mol. The normalized spacial score (nSPS) is 10.6. The molecule has 0 aliphatic rings. The maximum atomic E-state index is 12.0. The van der Waals surface area contributed by atoms with Crippen LogP contribution in [0.1, 0.15) is 22.6 Å². The van der Waals surface area contributed by atoms with Gasteiger partial charge in [-0.1, -0.05) is 12.1 Å². The number of thiophene rings is 1. The Bertz CT molecular complexity index is 961. The van der Waals surface area contributed by atoms with Crippen molar-refractivity contribution in [2.45, 2.75) is 27.2 Å². The first-order valence-corrected chi connectivity index (χ1v) is 9.33. The summed E-state index contributed by atoms with van der Waals surface area (Å²) in [7, 11) is 0. The zero-order valence-corrected chi connectivity index (χ0v) is 16.2. The van der Waals surface area contributed by atoms with E-state index in [1.165, 1.54) is 11.3 Å². The highest BCUT2D eigenvalue weighted by Crippen LogP contribution is 2.26. The Labute approximate surface area is 161 Å². The number of nitrogens with zero attached hydrogens (tertiary/aromatic N) is 1. The summed E-state index contributed by atoms with van der Waals surface area (Å²) in [5.74, 6) is 0.134. The van der Waals surface area contributed by atoms with Gasteiger partial charge in [-0.2, -0.15) is 0 Å². The smallest absolute Gasteiger partial charge is 0.312 e. The van der Waals surface area contributed by atoms with Crippen LogP contribution in [0.3, 0.4) is 0 Å². The van der Waals surface area contributed by atoms with Gasteiger partial charge in [0.25, 0.3) is 5.91 Å². The fourth-order valence-corrected chi connectivity index (χ4v) is 3.10. The predicted octanol–water partition coefficient (Wildman–Crippen LogP) is 4.05. The van der Waals surface area contributed by atoms with E-state index >= 15 is 0 Å². The lowest BCUT2D eigenvalue weighted by atomic mass is 10.1. The standard InChI is InChI=1S/C20H20N2O4S/c1-12-6-7-15(9-13(12)2)21-18(23)11-25-19(24)10-16-14(3)26-20(22-16)17-5-4-8-27-17/h4-9H,10-11H2,1-3H3,(H,21,23). The van der Waals surface area contributed by atoms with Gasteiger partial charge in [-0.3, -0.25) is 9.59 Å². The first-order chi connectivity index (χ1) is 12.9. The summed E-state index contributed by atoms with van der Waals surface area (Å²) in [6, 6.07) is 9.42. The van der Waals surface area contributed by atoms with Crippen molar-refractivity contribution in [3.63, 3.8) is 0 Å². The summed E-state index contributed by atoms with van der Waals surface area (Å²) in [5, 5.41) is 4.64. The lowest BCUT2D eigenvalue weighted by Crippen LogP contribution is -2.21. The number of carbonyl (C=O) groups excluding carboxylic acids is 2. The van der Waals surface area contributed by atoms with Gasteiger partial charge in [0, 0.05) is 5.69 Å². The van der Waals surface area contributed by atoms with Crippen LogP contribution in [0.2, 0.25) is 0 Å². The Morgan fingerprint density at radius 3 is 2.70 bits per heavy atom. The number of carbonyl (C=O) groups is 2. The summed E-state index contributed by atoms with van der Waals surface area (Å²) >= 11 is 1.51. The van der Waals surface area contributed by atoms with Crippen LogP contribution in [0.5, 0.6) is 0 Å². The zero-order valence-electron chi connectivity index (χ0n) is 15.4. The summed E-state index contributed by atoms with van der Waals surface area (Å²) < 4.78 is 10.7. The average Bonchev–Trinajstić information content (AvgIpc) is 3.27. The van der Waals surface area contributed by atoms with Crippen LogP contribution in [0.15, 0.2) is 40.1 Å². The molecule has 7 heteroatoms. The van der Waals surface area contributed by atoms with Crippen LogP contribution >= 0.6 is 11.3 Å². The minimum atomic E-state index is -0.528. The summed E-state index contributed by atoms with van der Waals surface area (Å²) in [6.07, 6.45) is -0.0440. The SMILES string of the molecule is Cc1ccc(NC(=O)COC(=O)Cc2nc(-c3cccs3)oc2C)cc1C. The van der Waals surface area contributed by atoms with Crippen molar-refractivity contribution in [1.29, 1.82) is 0 Å². The molecule has 1 amide bonds. The molecule has 0 unspecified atom stereocenters. The molecule has 0 radical (unpaired) electrons. The monoisotopic (exact) mass is 384 g/mol. The number of aromatic nitrogens is 1. The zero-order chi connectivity index (χ0) is 19.4. The Balaban J connectivity index is 1.52. The van der Waals surface area contributed by atoms with E-state index in [-0.39, 0.29) is 18.9 Å². The minimum Gasteiger partial charge on any atom is -0.455 e. The van der Waals surface area contributed by atoms with Crippen molar-refractivity contribution >= 4 is 28.9 Å². The van der Waals surface area contributed by atoms with Gasteiger partial charge in [0.05, 0.1) is 17.0 Å². The maximum Gasteiger partial charge on any atom is 0.312 e. The lowest BCUT2D eigenvalue weighted by Gasteiger charge is -2.08. The molecule has 27 heavy (non-hydrogen) atoms. The molecule has 3 rings (SSSR count). The van der Waals surface area contributed by atoms with Gasteiger partial charge < -0.3 is 14.5 Å². The molecule has 6 nitrogen and oxygen atoms in total. The van der Waals surface area contributed by atoms with Crippen LogP contribution in [-0.4, -0.2) is 23.5 Å². The van der Waals surface area contributed by atoms with Crippen LogP contribution in [-0.2, 0) is 20.7 Å². The van der Waals surface area contributed by atoms with Crippen LogP contribution in [0, 0.1) is 20.8 Å². The number of hydrogen-bond donors (Lipinski definition) is 1. The molecule has 0 fully saturated rings. The molecule has 2 aromatic heterocycles. The molecule has 140 valence electrons. The number of oxazole rings is 1. The second-order valence-corrected chi connectivity index (χ2v) is 7.13. The molecule has 0 aliphatic heterocycles. The highest BCUT2D eigenvalue weighted by molar-refractivity contribution is 7.13. The molecule has 0 atom stereocenters. The third kappa shape index (κ3) is 4.83. The van der Waals surface area contributed by atoms with E-state index in [0.717, 1.165) is 16.0 Å². The van der Waals surface area contributed by atoms with E-state index in [1.54, 1.807) is 6.92 Å². The molecule has 3 aromatic rings. The second-order valence-electron chi connectivity index (χ2n) is 6.18. The van der Waals surface area contributed by atoms with E-state index in [4.69, 9.17) is 9.15 Å². The van der Waals surface area contributed by atoms with E-state index in [9.17, 15) is 9.59 Å². The van der Waals surface area contributed by atoms with Crippen molar-refractivity contribution < 1.29 is 18.7 Å². The van der Waals surface area contributed by atoms with Crippen molar-refractivity contribution in [1.82, 2.24) is 4.98 Å². The van der Waals surface area contributed by atoms with Crippen LogP contribution < -0.4 is 5.32 Å². The number of benzene rings is 1. The second kappa shape index (κ2) is 8.18. The van der Waals surface area contributed by atoms with Gasteiger partial charge in [0.2, 0.25) is 5.89 Å². The van der Waals surface area contributed by atoms with Crippen molar-refractivity contribution in [3.8, 4) is 10.8 Å². The van der Waals surface area contributed by atoms with E-state index in [1.807, 2.05) is 49.6 Å². The van der Waals surface area contributed by atoms with Crippen molar-refractivity contribution in [2.75, 3.05) is 11.9 Å². The summed E-state index contributed by atoms with van der Waals surface area (Å²) in [6.45, 7) is 5.37. The first-order valence-electron chi connectivity index (χ1n) is 8.45. The molecule has 1 aromatic carbocycles. The van der Waals surface area contributed by atoms with Gasteiger partial charge in [-0.05, 0) is 55.5 Å². The Hall–Kier alpha value is -2.93. The van der Waals surface area contributed by atoms with E-state index in [2.05, 4.69) is 10.3 Å². The lowest BCUT2D eigenvalue weighted by molar-refractivity contribution is -0.146. The number of anilines is 1. The van der Waals surface area contributed by atoms with E-state index < -0.39 is 5.97 Å². The van der Waals surface area contributed by atoms with Gasteiger partial charge in [-0.25, -0.2) is 4.98 Å². The minimum absolute atomic E-state index is 0.0440. The number of ether oxygens (including phenoxy) is 1. The predicted molar refractivity (Wildman–Crippen MR) is 104 cm³/mol. The molecule has 2 heterocycles. The number of rotatable bonds is 6. The molecule has 0 bridgehead atoms.